The van der Waals surface area contributed by atoms with E-state index in [9.17, 15) is 13.2 Å². The smallest absolute Gasteiger partial charge is 0.317 e. The molecule has 1 saturated heterocycles. The molecule has 0 bridgehead atoms. The molecular formula is C20H26O6S. The van der Waals surface area contributed by atoms with E-state index in [0.29, 0.717) is 32.5 Å². The van der Waals surface area contributed by atoms with Crippen molar-refractivity contribution in [1.29, 1.82) is 0 Å². The highest BCUT2D eigenvalue weighted by Crippen LogP contribution is 2.56. The molecule has 6 nitrogen and oxygen atoms in total. The van der Waals surface area contributed by atoms with Gasteiger partial charge >= 0.3 is 5.97 Å². The van der Waals surface area contributed by atoms with Gasteiger partial charge in [0.05, 0.1) is 25.2 Å². The fraction of sp³-hybridized carbons (Fsp3) is 0.550. The topological polar surface area (TPSA) is 78.9 Å². The zero-order valence-corrected chi connectivity index (χ0v) is 16.8. The van der Waals surface area contributed by atoms with Crippen LogP contribution < -0.4 is 0 Å². The molecule has 1 aliphatic heterocycles. The predicted molar refractivity (Wildman–Crippen MR) is 99.6 cm³/mol. The molecule has 0 amide bonds. The second-order valence-electron chi connectivity index (χ2n) is 7.34. The van der Waals surface area contributed by atoms with Gasteiger partial charge in [-0.2, -0.15) is 0 Å². The molecule has 7 heteroatoms. The van der Waals surface area contributed by atoms with E-state index in [4.69, 9.17) is 14.2 Å². The number of hydrogen-bond donors (Lipinski definition) is 0. The quantitative estimate of drug-likeness (QED) is 0.715. The summed E-state index contributed by atoms with van der Waals surface area (Å²) in [6.45, 7) is 4.58. The molecule has 3 rings (SSSR count). The van der Waals surface area contributed by atoms with Gasteiger partial charge < -0.3 is 14.2 Å². The molecule has 0 unspecified atom stereocenters. The van der Waals surface area contributed by atoms with E-state index in [-0.39, 0.29) is 16.8 Å². The first kappa shape index (κ1) is 20.0. The second-order valence-corrected chi connectivity index (χ2v) is 9.18. The van der Waals surface area contributed by atoms with Crippen LogP contribution in [0.3, 0.4) is 0 Å². The summed E-state index contributed by atoms with van der Waals surface area (Å²) in [5, 5.41) is 1.22. The third kappa shape index (κ3) is 3.44. The highest BCUT2D eigenvalue weighted by atomic mass is 32.2. The molecule has 0 radical (unpaired) electrons. The number of allylic oxidation sites excluding steroid dienone is 1. The van der Waals surface area contributed by atoms with Gasteiger partial charge in [0, 0.05) is 11.8 Å². The average molecular weight is 394 g/mol. The SMILES string of the molecule is COC(=O)[C@@]1(C)[C@H](C/C=C/S(=O)(=O)c2ccc(C)cc2)CCC12OCCO2. The second kappa shape index (κ2) is 7.37. The lowest BCUT2D eigenvalue weighted by Crippen LogP contribution is -2.51. The zero-order valence-electron chi connectivity index (χ0n) is 15.9. The Bertz CT molecular complexity index is 821. The number of rotatable bonds is 5. The summed E-state index contributed by atoms with van der Waals surface area (Å²) in [6, 6.07) is 6.73. The van der Waals surface area contributed by atoms with Crippen LogP contribution in [0.2, 0.25) is 0 Å². The van der Waals surface area contributed by atoms with Crippen LogP contribution >= 0.6 is 0 Å². The summed E-state index contributed by atoms with van der Waals surface area (Å²) >= 11 is 0. The van der Waals surface area contributed by atoms with Gasteiger partial charge in [0.15, 0.2) is 15.6 Å². The molecule has 148 valence electrons. The van der Waals surface area contributed by atoms with E-state index in [1.54, 1.807) is 37.3 Å². The summed E-state index contributed by atoms with van der Waals surface area (Å²) in [4.78, 5) is 12.9. The minimum atomic E-state index is -3.52. The normalized spacial score (nSPS) is 27.4. The molecule has 1 aromatic rings. The van der Waals surface area contributed by atoms with Crippen molar-refractivity contribution >= 4 is 15.8 Å². The third-order valence-corrected chi connectivity index (χ3v) is 7.32. The van der Waals surface area contributed by atoms with Crippen LogP contribution in [0.1, 0.15) is 31.7 Å². The first-order chi connectivity index (χ1) is 12.7. The van der Waals surface area contributed by atoms with Crippen LogP contribution in [0.25, 0.3) is 0 Å². The maximum Gasteiger partial charge on any atom is 0.317 e. The molecule has 1 aliphatic carbocycles. The predicted octanol–water partition coefficient (Wildman–Crippen LogP) is 3.00. The number of methoxy groups -OCH3 is 1. The summed E-state index contributed by atoms with van der Waals surface area (Å²) in [6.07, 6.45) is 3.32. The van der Waals surface area contributed by atoms with E-state index in [2.05, 4.69) is 0 Å². The van der Waals surface area contributed by atoms with Crippen LogP contribution in [0, 0.1) is 18.3 Å². The third-order valence-electron chi connectivity index (χ3n) is 5.84. The number of aryl methyl sites for hydroxylation is 1. The molecule has 1 aromatic carbocycles. The number of hydrogen-bond acceptors (Lipinski definition) is 6. The minimum Gasteiger partial charge on any atom is -0.468 e. The fourth-order valence-electron chi connectivity index (χ4n) is 4.16. The highest BCUT2D eigenvalue weighted by Gasteiger charge is 2.65. The molecule has 0 aromatic heterocycles. The van der Waals surface area contributed by atoms with Gasteiger partial charge in [-0.1, -0.05) is 23.8 Å². The van der Waals surface area contributed by atoms with E-state index in [0.717, 1.165) is 5.56 Å². The Labute approximate surface area is 160 Å². The van der Waals surface area contributed by atoms with Gasteiger partial charge in [0.2, 0.25) is 0 Å². The monoisotopic (exact) mass is 394 g/mol. The molecule has 2 fully saturated rings. The first-order valence-electron chi connectivity index (χ1n) is 9.10. The molecule has 27 heavy (non-hydrogen) atoms. The van der Waals surface area contributed by atoms with Gasteiger partial charge in [-0.05, 0) is 44.7 Å². The van der Waals surface area contributed by atoms with E-state index >= 15 is 0 Å². The fourth-order valence-corrected chi connectivity index (χ4v) is 5.20. The van der Waals surface area contributed by atoms with Crippen molar-refractivity contribution in [2.24, 2.45) is 11.3 Å². The number of esters is 1. The highest BCUT2D eigenvalue weighted by molar-refractivity contribution is 7.94. The van der Waals surface area contributed by atoms with Crippen molar-refractivity contribution in [3.05, 3.63) is 41.3 Å². The summed E-state index contributed by atoms with van der Waals surface area (Å²) in [5.74, 6) is -1.50. The Morgan fingerprint density at radius 3 is 2.48 bits per heavy atom. The lowest BCUT2D eigenvalue weighted by atomic mass is 9.74. The van der Waals surface area contributed by atoms with Gasteiger partial charge in [-0.25, -0.2) is 8.42 Å². The standard InChI is InChI=1S/C20H26O6S/c1-15-6-8-17(9-7-15)27(22,23)14-4-5-16-10-11-20(25-12-13-26-20)19(16,2)18(21)24-3/h4,6-9,14,16H,5,10-13H2,1-3H3/b14-4+/t16-,19-/m1/s1. The van der Waals surface area contributed by atoms with Crippen molar-refractivity contribution in [2.45, 2.75) is 43.8 Å². The first-order valence-corrected chi connectivity index (χ1v) is 10.6. The Morgan fingerprint density at radius 1 is 1.26 bits per heavy atom. The molecule has 1 spiro atoms. The van der Waals surface area contributed by atoms with Crippen molar-refractivity contribution in [3.8, 4) is 0 Å². The molecule has 2 aliphatic rings. The number of carbonyl (C=O) groups excluding carboxylic acids is 1. The number of ether oxygens (including phenoxy) is 3. The van der Waals surface area contributed by atoms with Gasteiger partial charge in [-0.3, -0.25) is 4.79 Å². The van der Waals surface area contributed by atoms with Crippen LogP contribution in [-0.4, -0.2) is 40.5 Å². The van der Waals surface area contributed by atoms with E-state index in [1.807, 2.05) is 6.92 Å². The maximum absolute atomic E-state index is 12.6. The molecule has 2 atom stereocenters. The largest absolute Gasteiger partial charge is 0.468 e. The van der Waals surface area contributed by atoms with Gasteiger partial charge in [0.1, 0.15) is 5.41 Å². The van der Waals surface area contributed by atoms with Crippen LogP contribution in [0.4, 0.5) is 0 Å². The Balaban J connectivity index is 1.79. The lowest BCUT2D eigenvalue weighted by molar-refractivity contribution is -0.232. The zero-order chi connectivity index (χ0) is 19.7. The Kier molecular flexibility index (Phi) is 5.47. The number of carbonyl (C=O) groups is 1. The average Bonchev–Trinajstić information content (AvgIpc) is 3.23. The Morgan fingerprint density at radius 2 is 1.89 bits per heavy atom. The lowest BCUT2D eigenvalue weighted by Gasteiger charge is -2.39. The van der Waals surface area contributed by atoms with Gasteiger partial charge in [-0.15, -0.1) is 0 Å². The number of benzene rings is 1. The van der Waals surface area contributed by atoms with E-state index < -0.39 is 21.0 Å². The van der Waals surface area contributed by atoms with Crippen LogP contribution in [0.5, 0.6) is 0 Å². The minimum absolute atomic E-state index is 0.132. The van der Waals surface area contributed by atoms with Gasteiger partial charge in [0.25, 0.3) is 0 Å². The maximum atomic E-state index is 12.6. The van der Waals surface area contributed by atoms with Crippen molar-refractivity contribution < 1.29 is 27.4 Å². The van der Waals surface area contributed by atoms with Crippen molar-refractivity contribution in [3.63, 3.8) is 0 Å². The molecule has 1 saturated carbocycles. The molecule has 0 N–H and O–H groups in total. The van der Waals surface area contributed by atoms with Crippen molar-refractivity contribution in [1.82, 2.24) is 0 Å². The number of sulfone groups is 1. The van der Waals surface area contributed by atoms with Crippen molar-refractivity contribution in [2.75, 3.05) is 20.3 Å². The molecular weight excluding hydrogens is 368 g/mol. The Hall–Kier alpha value is -1.70. The van der Waals surface area contributed by atoms with Crippen LogP contribution in [0.15, 0.2) is 40.6 Å². The summed E-state index contributed by atoms with van der Waals surface area (Å²) in [7, 11) is -2.17. The summed E-state index contributed by atoms with van der Waals surface area (Å²) in [5.41, 5.74) is 0.0236. The molecule has 1 heterocycles. The van der Waals surface area contributed by atoms with Crippen LogP contribution in [-0.2, 0) is 28.8 Å². The van der Waals surface area contributed by atoms with E-state index in [1.165, 1.54) is 12.5 Å². The summed E-state index contributed by atoms with van der Waals surface area (Å²) < 4.78 is 41.7.